The van der Waals surface area contributed by atoms with E-state index in [9.17, 15) is 0 Å². The summed E-state index contributed by atoms with van der Waals surface area (Å²) in [4.78, 5) is 2.61. The minimum Gasteiger partial charge on any atom is -0.308 e. The van der Waals surface area contributed by atoms with Crippen molar-refractivity contribution in [2.24, 2.45) is 0 Å². The van der Waals surface area contributed by atoms with Crippen LogP contribution in [0.5, 0.6) is 0 Å². The molecule has 1 aliphatic heterocycles. The molecule has 0 aromatic carbocycles. The fourth-order valence-electron chi connectivity index (χ4n) is 2.77. The summed E-state index contributed by atoms with van der Waals surface area (Å²) in [6.45, 7) is 16.7. The number of hydrogen-bond donors (Lipinski definition) is 0. The number of rotatable bonds is 3. The molecule has 0 aromatic heterocycles. The smallest absolute Gasteiger partial charge is 0.135 e. The topological polar surface area (TPSA) is 3.24 Å². The molecule has 0 aliphatic carbocycles. The van der Waals surface area contributed by atoms with Gasteiger partial charge in [-0.1, -0.05) is 6.92 Å². The number of quaternary nitrogens is 1. The Bertz CT molecular complexity index is 163. The number of hydrogen-bond acceptors (Lipinski definition) is 1. The highest BCUT2D eigenvalue weighted by Gasteiger charge is 2.44. The molecule has 2 unspecified atom stereocenters. The molecule has 1 fully saturated rings. The van der Waals surface area contributed by atoms with E-state index in [0.29, 0.717) is 0 Å². The van der Waals surface area contributed by atoms with Crippen molar-refractivity contribution >= 4 is 0 Å². The van der Waals surface area contributed by atoms with E-state index in [4.69, 9.17) is 0 Å². The summed E-state index contributed by atoms with van der Waals surface area (Å²) >= 11 is 0. The molecule has 1 saturated heterocycles. The summed E-state index contributed by atoms with van der Waals surface area (Å²) < 4.78 is 1.29. The lowest BCUT2D eigenvalue weighted by atomic mass is 10.1. The molecule has 0 radical (unpaired) electrons. The van der Waals surface area contributed by atoms with Crippen molar-refractivity contribution in [1.29, 1.82) is 0 Å². The van der Waals surface area contributed by atoms with Gasteiger partial charge in [-0.05, 0) is 27.7 Å². The Morgan fingerprint density at radius 3 is 1.92 bits per heavy atom. The van der Waals surface area contributed by atoms with Crippen LogP contribution in [0.15, 0.2) is 0 Å². The van der Waals surface area contributed by atoms with Crippen molar-refractivity contribution in [2.75, 3.05) is 26.3 Å². The molecule has 78 valence electrons. The monoisotopic (exact) mass is 185 g/mol. The van der Waals surface area contributed by atoms with Gasteiger partial charge in [0, 0.05) is 6.54 Å². The standard InChI is InChI=1S/C11H25N2/c1-6-12-9-13(7-2,8-3)11(5)10(12)4/h10-11H,6-9H2,1-5H3/q+1. The van der Waals surface area contributed by atoms with E-state index in [2.05, 4.69) is 39.5 Å². The lowest BCUT2D eigenvalue weighted by Gasteiger charge is -2.36. The maximum Gasteiger partial charge on any atom is 0.135 e. The molecule has 2 nitrogen and oxygen atoms in total. The fraction of sp³-hybridized carbons (Fsp3) is 1.00. The van der Waals surface area contributed by atoms with E-state index in [1.807, 2.05) is 0 Å². The highest BCUT2D eigenvalue weighted by atomic mass is 15.5. The summed E-state index contributed by atoms with van der Waals surface area (Å²) in [5.74, 6) is 0. The van der Waals surface area contributed by atoms with Crippen molar-refractivity contribution in [2.45, 2.75) is 46.7 Å². The van der Waals surface area contributed by atoms with Crippen LogP contribution in [-0.2, 0) is 0 Å². The molecule has 2 heteroatoms. The number of nitrogens with zero attached hydrogens (tertiary/aromatic N) is 2. The van der Waals surface area contributed by atoms with Crippen LogP contribution in [0.25, 0.3) is 0 Å². The molecule has 13 heavy (non-hydrogen) atoms. The van der Waals surface area contributed by atoms with Crippen molar-refractivity contribution in [3.8, 4) is 0 Å². The van der Waals surface area contributed by atoms with Gasteiger partial charge < -0.3 is 4.48 Å². The van der Waals surface area contributed by atoms with Gasteiger partial charge in [0.2, 0.25) is 0 Å². The third-order valence-corrected chi connectivity index (χ3v) is 4.27. The zero-order chi connectivity index (χ0) is 10.1. The summed E-state index contributed by atoms with van der Waals surface area (Å²) in [6.07, 6.45) is 0. The Labute approximate surface area is 83.1 Å². The molecule has 0 aromatic rings. The first-order valence-corrected chi connectivity index (χ1v) is 5.71. The van der Waals surface area contributed by atoms with E-state index < -0.39 is 0 Å². The minimum atomic E-state index is 0.755. The van der Waals surface area contributed by atoms with Gasteiger partial charge in [-0.2, -0.15) is 0 Å². The molecular formula is C11H25N2+. The van der Waals surface area contributed by atoms with Crippen molar-refractivity contribution < 1.29 is 4.48 Å². The summed E-state index contributed by atoms with van der Waals surface area (Å²) in [7, 11) is 0. The van der Waals surface area contributed by atoms with Crippen LogP contribution in [0, 0.1) is 0 Å². The average molecular weight is 185 g/mol. The van der Waals surface area contributed by atoms with Gasteiger partial charge in [-0.3, -0.25) is 0 Å². The quantitative estimate of drug-likeness (QED) is 0.607. The van der Waals surface area contributed by atoms with Gasteiger partial charge in [-0.25, -0.2) is 4.90 Å². The first-order chi connectivity index (χ1) is 6.11. The van der Waals surface area contributed by atoms with Crippen LogP contribution in [0.4, 0.5) is 0 Å². The van der Waals surface area contributed by atoms with E-state index in [1.165, 1.54) is 30.8 Å². The van der Waals surface area contributed by atoms with Crippen LogP contribution >= 0.6 is 0 Å². The molecule has 0 spiro atoms. The Morgan fingerprint density at radius 2 is 1.69 bits per heavy atom. The Balaban J connectivity index is 2.79. The molecule has 1 rings (SSSR count). The largest absolute Gasteiger partial charge is 0.308 e. The Morgan fingerprint density at radius 1 is 1.15 bits per heavy atom. The molecule has 0 amide bonds. The molecule has 1 aliphatic rings. The van der Waals surface area contributed by atoms with Crippen molar-refractivity contribution in [3.63, 3.8) is 0 Å². The van der Waals surface area contributed by atoms with Gasteiger partial charge in [0.25, 0.3) is 0 Å². The maximum atomic E-state index is 2.61. The second-order valence-corrected chi connectivity index (χ2v) is 4.38. The van der Waals surface area contributed by atoms with E-state index in [1.54, 1.807) is 0 Å². The first-order valence-electron chi connectivity index (χ1n) is 5.71. The molecule has 1 heterocycles. The minimum absolute atomic E-state index is 0.755. The SMILES string of the molecule is CCN1C[N+](CC)(CC)C(C)C1C. The first kappa shape index (κ1) is 11.0. The van der Waals surface area contributed by atoms with Crippen LogP contribution in [0.3, 0.4) is 0 Å². The lowest BCUT2D eigenvalue weighted by Crippen LogP contribution is -2.52. The predicted molar refractivity (Wildman–Crippen MR) is 57.5 cm³/mol. The summed E-state index contributed by atoms with van der Waals surface area (Å²) in [5.41, 5.74) is 0. The third kappa shape index (κ3) is 1.62. The van der Waals surface area contributed by atoms with Gasteiger partial charge in [0.15, 0.2) is 0 Å². The van der Waals surface area contributed by atoms with Crippen LogP contribution in [-0.4, -0.2) is 47.8 Å². The predicted octanol–water partition coefficient (Wildman–Crippen LogP) is 1.91. The highest BCUT2D eigenvalue weighted by Crippen LogP contribution is 2.27. The Hall–Kier alpha value is -0.0800. The fourth-order valence-corrected chi connectivity index (χ4v) is 2.77. The van der Waals surface area contributed by atoms with Gasteiger partial charge in [0.1, 0.15) is 12.7 Å². The zero-order valence-electron chi connectivity index (χ0n) is 9.88. The molecule has 0 saturated carbocycles. The average Bonchev–Trinajstić information content (AvgIpc) is 2.42. The zero-order valence-corrected chi connectivity index (χ0v) is 9.88. The van der Waals surface area contributed by atoms with Crippen LogP contribution in [0.2, 0.25) is 0 Å². The van der Waals surface area contributed by atoms with Gasteiger partial charge >= 0.3 is 0 Å². The van der Waals surface area contributed by atoms with E-state index in [-0.39, 0.29) is 0 Å². The van der Waals surface area contributed by atoms with E-state index in [0.717, 1.165) is 12.1 Å². The summed E-state index contributed by atoms with van der Waals surface area (Å²) in [5, 5.41) is 0. The van der Waals surface area contributed by atoms with Crippen molar-refractivity contribution in [3.05, 3.63) is 0 Å². The van der Waals surface area contributed by atoms with Gasteiger partial charge in [0.05, 0.1) is 19.1 Å². The third-order valence-electron chi connectivity index (χ3n) is 4.27. The second kappa shape index (κ2) is 3.97. The molecular weight excluding hydrogens is 160 g/mol. The van der Waals surface area contributed by atoms with Crippen molar-refractivity contribution in [1.82, 2.24) is 4.90 Å². The van der Waals surface area contributed by atoms with Gasteiger partial charge in [-0.15, -0.1) is 0 Å². The maximum absolute atomic E-state index is 2.61. The van der Waals surface area contributed by atoms with E-state index >= 15 is 0 Å². The molecule has 2 atom stereocenters. The van der Waals surface area contributed by atoms with Crippen LogP contribution < -0.4 is 0 Å². The second-order valence-electron chi connectivity index (χ2n) is 4.38. The lowest BCUT2D eigenvalue weighted by molar-refractivity contribution is -0.938. The Kier molecular flexibility index (Phi) is 3.36. The molecule has 0 bridgehead atoms. The molecule has 0 N–H and O–H groups in total. The normalized spacial score (nSPS) is 33.9. The van der Waals surface area contributed by atoms with Crippen LogP contribution in [0.1, 0.15) is 34.6 Å². The summed E-state index contributed by atoms with van der Waals surface area (Å²) in [6, 6.07) is 1.56. The highest BCUT2D eigenvalue weighted by molar-refractivity contribution is 4.77. The number of likely N-dealkylation sites (N-methyl/N-ethyl adjacent to an activating group) is 2.